The number of ketones is 1. The predicted molar refractivity (Wildman–Crippen MR) is 102 cm³/mol. The molecule has 9 heteroatoms. The number of nitro groups is 1. The van der Waals surface area contributed by atoms with Gasteiger partial charge in [0.25, 0.3) is 5.69 Å². The molecule has 1 fully saturated rings. The van der Waals surface area contributed by atoms with E-state index in [2.05, 4.69) is 0 Å². The molecule has 28 heavy (non-hydrogen) atoms. The summed E-state index contributed by atoms with van der Waals surface area (Å²) < 4.78 is 5.72. The van der Waals surface area contributed by atoms with Crippen LogP contribution in [0.2, 0.25) is 10.0 Å². The van der Waals surface area contributed by atoms with Crippen LogP contribution in [-0.4, -0.2) is 27.4 Å². The maximum atomic E-state index is 12.7. The highest BCUT2D eigenvalue weighted by molar-refractivity contribution is 6.45. The van der Waals surface area contributed by atoms with Gasteiger partial charge in [-0.05, 0) is 56.0 Å². The monoisotopic (exact) mass is 423 g/mol. The van der Waals surface area contributed by atoms with E-state index < -0.39 is 22.3 Å². The minimum absolute atomic E-state index is 0.0312. The third kappa shape index (κ3) is 3.68. The lowest BCUT2D eigenvalue weighted by Gasteiger charge is -2.25. The van der Waals surface area contributed by atoms with Crippen LogP contribution in [0, 0.1) is 10.1 Å². The molecule has 2 aromatic carbocycles. The summed E-state index contributed by atoms with van der Waals surface area (Å²) in [5.74, 6) is -1.13. The lowest BCUT2D eigenvalue weighted by Crippen LogP contribution is -2.41. The molecule has 0 aromatic heterocycles. The minimum atomic E-state index is -1.24. The highest BCUT2D eigenvalue weighted by Gasteiger charge is 2.43. The van der Waals surface area contributed by atoms with Crippen molar-refractivity contribution in [1.82, 2.24) is 0 Å². The summed E-state index contributed by atoms with van der Waals surface area (Å²) in [5, 5.41) is 19.9. The first kappa shape index (κ1) is 20.1. The van der Waals surface area contributed by atoms with Gasteiger partial charge in [-0.1, -0.05) is 23.2 Å². The van der Waals surface area contributed by atoms with Crippen LogP contribution in [-0.2, 0) is 4.79 Å². The Labute approximate surface area is 170 Å². The van der Waals surface area contributed by atoms with Crippen molar-refractivity contribution in [1.29, 1.82) is 0 Å². The molecule has 0 bridgehead atoms. The minimum Gasteiger partial charge on any atom is -0.478 e. The topological polar surface area (TPSA) is 107 Å². The van der Waals surface area contributed by atoms with Crippen molar-refractivity contribution in [3.05, 3.63) is 67.7 Å². The fourth-order valence-electron chi connectivity index (χ4n) is 3.22. The molecule has 7 nitrogen and oxygen atoms in total. The number of benzene rings is 2. The molecule has 0 radical (unpaired) electrons. The van der Waals surface area contributed by atoms with Gasteiger partial charge >= 0.3 is 5.97 Å². The molecular weight excluding hydrogens is 409 g/mol. The fraction of sp³-hybridized carbons (Fsp3) is 0.263. The molecule has 1 saturated carbocycles. The number of carboxylic acids is 1. The number of carbonyl (C=O) groups excluding carboxylic acids is 1. The molecule has 0 amide bonds. The van der Waals surface area contributed by atoms with Gasteiger partial charge in [0.05, 0.1) is 9.95 Å². The van der Waals surface area contributed by atoms with Crippen LogP contribution in [0.4, 0.5) is 5.69 Å². The van der Waals surface area contributed by atoms with Crippen molar-refractivity contribution in [3.8, 4) is 5.75 Å². The first-order valence-electron chi connectivity index (χ1n) is 8.45. The lowest BCUT2D eigenvalue weighted by molar-refractivity contribution is -0.384. The molecule has 1 aliphatic rings. The second-order valence-electron chi connectivity index (χ2n) is 6.48. The van der Waals surface area contributed by atoms with Crippen molar-refractivity contribution in [3.63, 3.8) is 0 Å². The molecule has 0 aliphatic heterocycles. The number of carbonyl (C=O) groups is 2. The second-order valence-corrected chi connectivity index (χ2v) is 7.24. The van der Waals surface area contributed by atoms with Gasteiger partial charge in [0.15, 0.2) is 5.78 Å². The van der Waals surface area contributed by atoms with Gasteiger partial charge in [0.1, 0.15) is 10.8 Å². The Hall–Kier alpha value is -2.64. The van der Waals surface area contributed by atoms with E-state index in [9.17, 15) is 24.8 Å². The van der Waals surface area contributed by atoms with E-state index in [0.717, 1.165) is 18.9 Å². The van der Waals surface area contributed by atoms with Crippen LogP contribution in [0.15, 0.2) is 36.4 Å². The fourth-order valence-corrected chi connectivity index (χ4v) is 3.70. The van der Waals surface area contributed by atoms with Gasteiger partial charge in [-0.25, -0.2) is 4.79 Å². The molecule has 3 rings (SSSR count). The zero-order chi connectivity index (χ0) is 20.5. The number of carboxylic acid groups (broad SMARTS) is 1. The normalized spacial score (nSPS) is 15.2. The zero-order valence-corrected chi connectivity index (χ0v) is 16.0. The van der Waals surface area contributed by atoms with Gasteiger partial charge < -0.3 is 9.84 Å². The smallest absolute Gasteiger partial charge is 0.348 e. The Kier molecular flexibility index (Phi) is 5.58. The second kappa shape index (κ2) is 7.77. The first-order valence-corrected chi connectivity index (χ1v) is 9.20. The van der Waals surface area contributed by atoms with Gasteiger partial charge in [-0.3, -0.25) is 14.9 Å². The van der Waals surface area contributed by atoms with Crippen molar-refractivity contribution in [2.45, 2.75) is 31.3 Å². The Morgan fingerprint density at radius 1 is 1.04 bits per heavy atom. The van der Waals surface area contributed by atoms with E-state index in [4.69, 9.17) is 27.9 Å². The average Bonchev–Trinajstić information content (AvgIpc) is 3.13. The summed E-state index contributed by atoms with van der Waals surface area (Å²) in [4.78, 5) is 34.5. The Morgan fingerprint density at radius 2 is 1.64 bits per heavy atom. The predicted octanol–water partition coefficient (Wildman–Crippen LogP) is 4.91. The largest absolute Gasteiger partial charge is 0.478 e. The number of rotatable bonds is 6. The van der Waals surface area contributed by atoms with E-state index in [1.54, 1.807) is 0 Å². The van der Waals surface area contributed by atoms with Crippen LogP contribution in [0.25, 0.3) is 0 Å². The summed E-state index contributed by atoms with van der Waals surface area (Å²) in [5.41, 5.74) is -1.33. The molecule has 0 heterocycles. The van der Waals surface area contributed by atoms with E-state index in [1.165, 1.54) is 30.3 Å². The summed E-state index contributed by atoms with van der Waals surface area (Å²) in [6.07, 6.45) is 2.42. The number of hydrogen-bond donors (Lipinski definition) is 1. The van der Waals surface area contributed by atoms with Gasteiger partial charge in [0.2, 0.25) is 5.60 Å². The third-order valence-corrected chi connectivity index (χ3v) is 5.61. The number of ether oxygens (including phenoxy) is 1. The van der Waals surface area contributed by atoms with Crippen LogP contribution < -0.4 is 4.74 Å². The van der Waals surface area contributed by atoms with E-state index in [0.29, 0.717) is 18.6 Å². The average molecular weight is 424 g/mol. The molecule has 0 saturated heterocycles. The number of hydrogen-bond acceptors (Lipinski definition) is 5. The van der Waals surface area contributed by atoms with E-state index in [1.807, 2.05) is 0 Å². The maximum absolute atomic E-state index is 12.7. The molecule has 1 N–H and O–H groups in total. The van der Waals surface area contributed by atoms with Gasteiger partial charge in [0, 0.05) is 17.2 Å². The van der Waals surface area contributed by atoms with Gasteiger partial charge in [-0.15, -0.1) is 0 Å². The first-order chi connectivity index (χ1) is 13.2. The standard InChI is InChI=1S/C19H15Cl2NO6/c20-15-13(7-8-14(16(15)21)22(26)27)17(23)11-3-5-12(6-4-11)28-19(18(24)25)9-1-2-10-19/h3-8H,1-2,9-10H2,(H,24,25). The van der Waals surface area contributed by atoms with Crippen molar-refractivity contribution in [2.24, 2.45) is 0 Å². The number of aliphatic carboxylic acids is 1. The highest BCUT2D eigenvalue weighted by Crippen LogP contribution is 2.37. The van der Waals surface area contributed by atoms with Crippen LogP contribution in [0.5, 0.6) is 5.75 Å². The quantitative estimate of drug-likeness (QED) is 0.401. The molecule has 2 aromatic rings. The van der Waals surface area contributed by atoms with Crippen molar-refractivity contribution >= 4 is 40.6 Å². The van der Waals surface area contributed by atoms with Crippen molar-refractivity contribution in [2.75, 3.05) is 0 Å². The Morgan fingerprint density at radius 3 is 2.18 bits per heavy atom. The summed E-state index contributed by atoms with van der Waals surface area (Å²) in [6, 6.07) is 8.35. The SMILES string of the molecule is O=C(c1ccc(OC2(C(=O)O)CCCC2)cc1)c1ccc([N+](=O)[O-])c(Cl)c1Cl. The van der Waals surface area contributed by atoms with Gasteiger partial charge in [-0.2, -0.15) is 0 Å². The summed E-state index contributed by atoms with van der Waals surface area (Å²) in [7, 11) is 0. The lowest BCUT2D eigenvalue weighted by atomic mass is 10.0. The van der Waals surface area contributed by atoms with Crippen LogP contribution in [0.1, 0.15) is 41.6 Å². The highest BCUT2D eigenvalue weighted by atomic mass is 35.5. The summed E-state index contributed by atoms with van der Waals surface area (Å²) >= 11 is 11.9. The van der Waals surface area contributed by atoms with E-state index >= 15 is 0 Å². The number of nitrogens with zero attached hydrogens (tertiary/aromatic N) is 1. The van der Waals surface area contributed by atoms with E-state index in [-0.39, 0.29) is 26.9 Å². The maximum Gasteiger partial charge on any atom is 0.348 e. The Balaban J connectivity index is 1.84. The molecule has 146 valence electrons. The summed E-state index contributed by atoms with van der Waals surface area (Å²) in [6.45, 7) is 0. The van der Waals surface area contributed by atoms with Crippen LogP contribution in [0.3, 0.4) is 0 Å². The molecule has 1 aliphatic carbocycles. The Bertz CT molecular complexity index is 952. The third-order valence-electron chi connectivity index (χ3n) is 4.73. The molecule has 0 atom stereocenters. The molecule has 0 spiro atoms. The molecule has 0 unspecified atom stereocenters. The zero-order valence-electron chi connectivity index (χ0n) is 14.5. The molecular formula is C19H15Cl2NO6. The van der Waals surface area contributed by atoms with Crippen LogP contribution >= 0.6 is 23.2 Å². The number of halogens is 2. The van der Waals surface area contributed by atoms with Crippen molar-refractivity contribution < 1.29 is 24.4 Å². The number of nitro benzene ring substituents is 1.